The maximum absolute atomic E-state index is 10.5. The van der Waals surface area contributed by atoms with Gasteiger partial charge in [0.1, 0.15) is 4.83 Å². The highest BCUT2D eigenvalue weighted by Gasteiger charge is 2.14. The molecule has 0 fully saturated rings. The zero-order valence-corrected chi connectivity index (χ0v) is 9.56. The summed E-state index contributed by atoms with van der Waals surface area (Å²) in [6.07, 6.45) is 0. The SMILES string of the molecule is Cl.O=C(O)C(Br)c1ccc(Cl)cc1. The lowest BCUT2D eigenvalue weighted by Gasteiger charge is -2.03. The molecular weight excluding hydrogens is 279 g/mol. The fourth-order valence-corrected chi connectivity index (χ4v) is 1.21. The van der Waals surface area contributed by atoms with Crippen molar-refractivity contribution in [2.75, 3.05) is 0 Å². The smallest absolute Gasteiger partial charge is 0.321 e. The van der Waals surface area contributed by atoms with Crippen LogP contribution in [0.2, 0.25) is 5.02 Å². The number of carbonyl (C=O) groups is 1. The van der Waals surface area contributed by atoms with Crippen LogP contribution in [-0.2, 0) is 4.79 Å². The van der Waals surface area contributed by atoms with Gasteiger partial charge in [-0.15, -0.1) is 12.4 Å². The molecule has 0 heterocycles. The number of benzene rings is 1. The second-order valence-electron chi connectivity index (χ2n) is 2.25. The fraction of sp³-hybridized carbons (Fsp3) is 0.125. The summed E-state index contributed by atoms with van der Waals surface area (Å²) in [5.41, 5.74) is 0.687. The highest BCUT2D eigenvalue weighted by atomic mass is 79.9. The highest BCUT2D eigenvalue weighted by Crippen LogP contribution is 2.23. The van der Waals surface area contributed by atoms with Gasteiger partial charge in [0.2, 0.25) is 0 Å². The largest absolute Gasteiger partial charge is 0.480 e. The molecule has 1 aromatic rings. The second kappa shape index (κ2) is 5.47. The fourth-order valence-electron chi connectivity index (χ4n) is 0.774. The molecule has 72 valence electrons. The number of carboxylic acid groups (broad SMARTS) is 1. The Morgan fingerprint density at radius 1 is 1.38 bits per heavy atom. The van der Waals surface area contributed by atoms with Crippen LogP contribution in [0, 0.1) is 0 Å². The van der Waals surface area contributed by atoms with Gasteiger partial charge >= 0.3 is 5.97 Å². The van der Waals surface area contributed by atoms with Crippen molar-refractivity contribution < 1.29 is 9.90 Å². The van der Waals surface area contributed by atoms with E-state index in [0.29, 0.717) is 10.6 Å². The molecule has 1 rings (SSSR count). The van der Waals surface area contributed by atoms with Gasteiger partial charge in [-0.25, -0.2) is 0 Å². The predicted octanol–water partition coefficient (Wildman–Crippen LogP) is 3.28. The van der Waals surface area contributed by atoms with E-state index in [4.69, 9.17) is 16.7 Å². The molecule has 0 aliphatic heterocycles. The molecular formula is C8H7BrCl2O2. The van der Waals surface area contributed by atoms with Crippen molar-refractivity contribution in [2.45, 2.75) is 4.83 Å². The molecule has 1 atom stereocenters. The number of alkyl halides is 1. The minimum absolute atomic E-state index is 0. The predicted molar refractivity (Wildman–Crippen MR) is 58.0 cm³/mol. The monoisotopic (exact) mass is 284 g/mol. The number of rotatable bonds is 2. The molecule has 0 spiro atoms. The Hall–Kier alpha value is -0.250. The number of carboxylic acids is 1. The van der Waals surface area contributed by atoms with Crippen LogP contribution >= 0.6 is 39.9 Å². The summed E-state index contributed by atoms with van der Waals surface area (Å²) in [6, 6.07) is 6.67. The number of hydrogen-bond acceptors (Lipinski definition) is 1. The maximum atomic E-state index is 10.5. The summed E-state index contributed by atoms with van der Waals surface area (Å²) >= 11 is 8.67. The Kier molecular flexibility index (Phi) is 5.37. The minimum Gasteiger partial charge on any atom is -0.480 e. The average Bonchev–Trinajstić information content (AvgIpc) is 2.04. The van der Waals surface area contributed by atoms with Crippen LogP contribution in [0.1, 0.15) is 10.4 Å². The average molecular weight is 286 g/mol. The third-order valence-corrected chi connectivity index (χ3v) is 2.55. The van der Waals surface area contributed by atoms with Crippen LogP contribution in [0.25, 0.3) is 0 Å². The van der Waals surface area contributed by atoms with E-state index in [1.54, 1.807) is 24.3 Å². The van der Waals surface area contributed by atoms with Gasteiger partial charge in [0.15, 0.2) is 0 Å². The molecule has 0 aliphatic carbocycles. The van der Waals surface area contributed by atoms with Crippen molar-refractivity contribution in [3.63, 3.8) is 0 Å². The molecule has 5 heteroatoms. The van der Waals surface area contributed by atoms with Crippen LogP contribution in [-0.4, -0.2) is 11.1 Å². The van der Waals surface area contributed by atoms with Crippen LogP contribution in [0.5, 0.6) is 0 Å². The minimum atomic E-state index is -0.905. The zero-order chi connectivity index (χ0) is 9.14. The van der Waals surface area contributed by atoms with Crippen LogP contribution < -0.4 is 0 Å². The van der Waals surface area contributed by atoms with Crippen molar-refractivity contribution >= 4 is 45.9 Å². The molecule has 1 unspecified atom stereocenters. The van der Waals surface area contributed by atoms with Crippen LogP contribution in [0.15, 0.2) is 24.3 Å². The van der Waals surface area contributed by atoms with E-state index in [2.05, 4.69) is 15.9 Å². The Bertz CT molecular complexity index is 287. The van der Waals surface area contributed by atoms with Crippen LogP contribution in [0.4, 0.5) is 0 Å². The van der Waals surface area contributed by atoms with Crippen molar-refractivity contribution in [3.05, 3.63) is 34.9 Å². The van der Waals surface area contributed by atoms with Gasteiger partial charge in [0, 0.05) is 5.02 Å². The van der Waals surface area contributed by atoms with Gasteiger partial charge in [0.25, 0.3) is 0 Å². The van der Waals surface area contributed by atoms with Crippen molar-refractivity contribution in [1.82, 2.24) is 0 Å². The number of halogens is 3. The van der Waals surface area contributed by atoms with E-state index in [9.17, 15) is 4.79 Å². The Morgan fingerprint density at radius 2 is 1.85 bits per heavy atom. The third kappa shape index (κ3) is 3.55. The van der Waals surface area contributed by atoms with Crippen molar-refractivity contribution in [2.24, 2.45) is 0 Å². The van der Waals surface area contributed by atoms with E-state index in [-0.39, 0.29) is 12.4 Å². The summed E-state index contributed by atoms with van der Waals surface area (Å²) in [6.45, 7) is 0. The van der Waals surface area contributed by atoms with Gasteiger partial charge in [-0.2, -0.15) is 0 Å². The first-order chi connectivity index (χ1) is 5.61. The first-order valence-corrected chi connectivity index (χ1v) is 4.53. The van der Waals surface area contributed by atoms with Gasteiger partial charge in [0.05, 0.1) is 0 Å². The lowest BCUT2D eigenvalue weighted by atomic mass is 10.1. The Labute approximate surface area is 95.4 Å². The summed E-state index contributed by atoms with van der Waals surface area (Å²) in [5, 5.41) is 9.23. The first kappa shape index (κ1) is 12.8. The quantitative estimate of drug-likeness (QED) is 0.847. The maximum Gasteiger partial charge on any atom is 0.321 e. The molecule has 2 nitrogen and oxygen atoms in total. The van der Waals surface area contributed by atoms with Gasteiger partial charge in [-0.3, -0.25) is 4.79 Å². The van der Waals surface area contributed by atoms with Crippen LogP contribution in [0.3, 0.4) is 0 Å². The van der Waals surface area contributed by atoms with E-state index in [1.165, 1.54) is 0 Å². The number of aliphatic carboxylic acids is 1. The molecule has 0 radical (unpaired) electrons. The molecule has 1 N–H and O–H groups in total. The molecule has 0 aromatic heterocycles. The summed E-state index contributed by atoms with van der Waals surface area (Å²) in [5.74, 6) is -0.905. The Balaban J connectivity index is 0.00000144. The van der Waals surface area contributed by atoms with Crippen molar-refractivity contribution in [3.8, 4) is 0 Å². The van der Waals surface area contributed by atoms with Gasteiger partial charge in [-0.1, -0.05) is 39.7 Å². The number of hydrogen-bond donors (Lipinski definition) is 1. The normalized spacial score (nSPS) is 11.5. The van der Waals surface area contributed by atoms with E-state index < -0.39 is 10.8 Å². The standard InChI is InChI=1S/C8H6BrClO2.ClH/c9-7(8(11)12)5-1-3-6(10)4-2-5;/h1-4,7H,(H,11,12);1H. The molecule has 0 amide bonds. The van der Waals surface area contributed by atoms with E-state index in [0.717, 1.165) is 0 Å². The molecule has 13 heavy (non-hydrogen) atoms. The van der Waals surface area contributed by atoms with Crippen molar-refractivity contribution in [1.29, 1.82) is 0 Å². The van der Waals surface area contributed by atoms with Gasteiger partial charge < -0.3 is 5.11 Å². The molecule has 0 saturated heterocycles. The summed E-state index contributed by atoms with van der Waals surface area (Å²) < 4.78 is 0. The third-order valence-electron chi connectivity index (χ3n) is 1.38. The lowest BCUT2D eigenvalue weighted by Crippen LogP contribution is -2.03. The van der Waals surface area contributed by atoms with E-state index in [1.807, 2.05) is 0 Å². The van der Waals surface area contributed by atoms with E-state index >= 15 is 0 Å². The van der Waals surface area contributed by atoms with Gasteiger partial charge in [-0.05, 0) is 17.7 Å². The molecule has 1 aromatic carbocycles. The first-order valence-electron chi connectivity index (χ1n) is 3.23. The summed E-state index contributed by atoms with van der Waals surface area (Å²) in [7, 11) is 0. The molecule has 0 aliphatic rings. The second-order valence-corrected chi connectivity index (χ2v) is 3.60. The molecule has 0 saturated carbocycles. The highest BCUT2D eigenvalue weighted by molar-refractivity contribution is 9.09. The molecule has 0 bridgehead atoms. The lowest BCUT2D eigenvalue weighted by molar-refractivity contribution is -0.136. The summed E-state index contributed by atoms with van der Waals surface area (Å²) in [4.78, 5) is 9.85. The zero-order valence-electron chi connectivity index (χ0n) is 6.41. The Morgan fingerprint density at radius 3 is 2.23 bits per heavy atom. The topological polar surface area (TPSA) is 37.3 Å².